The summed E-state index contributed by atoms with van der Waals surface area (Å²) in [6.07, 6.45) is 4.96. The maximum absolute atomic E-state index is 12.8. The zero-order valence-electron chi connectivity index (χ0n) is 19.4. The third kappa shape index (κ3) is 7.40. The van der Waals surface area contributed by atoms with Crippen LogP contribution in [0.15, 0.2) is 30.3 Å². The number of unbranched alkanes of at least 4 members (excludes halogenated alkanes) is 1. The van der Waals surface area contributed by atoms with Crippen molar-refractivity contribution in [2.45, 2.75) is 90.9 Å². The summed E-state index contributed by atoms with van der Waals surface area (Å²) in [4.78, 5) is 24.6. The van der Waals surface area contributed by atoms with Gasteiger partial charge in [-0.1, -0.05) is 61.6 Å². The number of rotatable bonds is 12. The first kappa shape index (κ1) is 24.9. The van der Waals surface area contributed by atoms with Crippen LogP contribution in [-0.4, -0.2) is 36.8 Å². The van der Waals surface area contributed by atoms with E-state index in [9.17, 15) is 4.79 Å². The summed E-state index contributed by atoms with van der Waals surface area (Å²) < 4.78 is 5.62. The van der Waals surface area contributed by atoms with Gasteiger partial charge in [-0.3, -0.25) is 14.5 Å². The van der Waals surface area contributed by atoms with Crippen molar-refractivity contribution >= 4 is 13.8 Å². The van der Waals surface area contributed by atoms with Crippen LogP contribution in [0.3, 0.4) is 0 Å². The number of esters is 1. The first-order valence-electron chi connectivity index (χ1n) is 11.2. The molecule has 0 aromatic heterocycles. The Labute approximate surface area is 183 Å². The van der Waals surface area contributed by atoms with Gasteiger partial charge in [-0.25, -0.2) is 0 Å². The van der Waals surface area contributed by atoms with Crippen molar-refractivity contribution in [2.24, 2.45) is 11.8 Å². The van der Waals surface area contributed by atoms with E-state index in [1.165, 1.54) is 0 Å². The number of carbonyl (C=O) groups excluding carboxylic acids is 1. The van der Waals surface area contributed by atoms with E-state index in [-0.39, 0.29) is 23.1 Å². The molecule has 1 fully saturated rings. The number of benzene rings is 1. The van der Waals surface area contributed by atoms with Gasteiger partial charge in [0.2, 0.25) is 0 Å². The molecule has 2 radical (unpaired) electrons. The van der Waals surface area contributed by atoms with Crippen LogP contribution in [0, 0.1) is 11.8 Å². The second-order valence-electron chi connectivity index (χ2n) is 9.46. The van der Waals surface area contributed by atoms with Gasteiger partial charge in [-0.05, 0) is 58.4 Å². The van der Waals surface area contributed by atoms with Gasteiger partial charge in [-0.15, -0.1) is 0 Å². The molecule has 2 rings (SSSR count). The minimum Gasteiger partial charge on any atom is -0.461 e. The Morgan fingerprint density at radius 2 is 1.70 bits per heavy atom. The predicted molar refractivity (Wildman–Crippen MR) is 120 cm³/mol. The van der Waals surface area contributed by atoms with Gasteiger partial charge >= 0.3 is 5.97 Å². The number of hydrogen-bond donors (Lipinski definition) is 0. The van der Waals surface area contributed by atoms with E-state index in [2.05, 4.69) is 6.92 Å². The smallest absolute Gasteiger partial charge is 0.309 e. The number of ether oxygens (including phenoxy) is 1. The van der Waals surface area contributed by atoms with Crippen LogP contribution >= 0.6 is 0 Å². The highest BCUT2D eigenvalue weighted by Crippen LogP contribution is 2.37. The summed E-state index contributed by atoms with van der Waals surface area (Å²) in [6, 6.07) is 9.81. The Hall–Kier alpha value is -1.37. The summed E-state index contributed by atoms with van der Waals surface area (Å²) in [5, 5.41) is 1.60. The molecule has 0 unspecified atom stereocenters. The second-order valence-corrected chi connectivity index (χ2v) is 9.46. The summed E-state index contributed by atoms with van der Waals surface area (Å²) in [7, 11) is 5.70. The highest BCUT2D eigenvalue weighted by molar-refractivity contribution is 6.08. The molecule has 1 aliphatic rings. The SMILES string of the molecule is [B]CC[C@H](C)C[C@H](CCCCN1OC(C)(C)C(C)(C)O1)C(=O)OCc1ccccc1. The van der Waals surface area contributed by atoms with E-state index in [1.807, 2.05) is 58.0 Å². The van der Waals surface area contributed by atoms with Gasteiger partial charge in [0.25, 0.3) is 0 Å². The molecule has 0 N–H and O–H groups in total. The fourth-order valence-corrected chi connectivity index (χ4v) is 3.54. The molecular weight excluding hydrogens is 377 g/mol. The molecule has 5 nitrogen and oxygen atoms in total. The molecule has 1 saturated heterocycles. The van der Waals surface area contributed by atoms with Crippen molar-refractivity contribution in [3.05, 3.63) is 35.9 Å². The lowest BCUT2D eigenvalue weighted by molar-refractivity contribution is -0.328. The topological polar surface area (TPSA) is 48.0 Å². The molecule has 1 aliphatic heterocycles. The minimum absolute atomic E-state index is 0.108. The largest absolute Gasteiger partial charge is 0.461 e. The molecule has 1 heterocycles. The molecular formula is C24H38BNO4. The van der Waals surface area contributed by atoms with Gasteiger partial charge in [0.05, 0.1) is 20.3 Å². The minimum atomic E-state index is -0.367. The zero-order chi connectivity index (χ0) is 22.2. The average Bonchev–Trinajstić information content (AvgIpc) is 2.89. The van der Waals surface area contributed by atoms with Crippen LogP contribution in [0.5, 0.6) is 0 Å². The molecule has 1 aromatic rings. The van der Waals surface area contributed by atoms with Gasteiger partial charge < -0.3 is 4.74 Å². The van der Waals surface area contributed by atoms with Crippen LogP contribution in [0.1, 0.15) is 72.3 Å². The molecule has 1 aromatic carbocycles. The van der Waals surface area contributed by atoms with Gasteiger partial charge in [-0.2, -0.15) is 0 Å². The number of hydrogen-bond acceptors (Lipinski definition) is 5. The van der Waals surface area contributed by atoms with Gasteiger partial charge in [0, 0.05) is 0 Å². The molecule has 0 saturated carbocycles. The first-order chi connectivity index (χ1) is 14.1. The van der Waals surface area contributed by atoms with Crippen LogP contribution in [0.2, 0.25) is 6.32 Å². The third-order valence-corrected chi connectivity index (χ3v) is 6.16. The Bertz CT molecular complexity index is 634. The number of carbonyl (C=O) groups is 1. The molecule has 0 spiro atoms. The van der Waals surface area contributed by atoms with Crippen molar-refractivity contribution in [2.75, 3.05) is 6.54 Å². The van der Waals surface area contributed by atoms with E-state index in [0.717, 1.165) is 37.7 Å². The van der Waals surface area contributed by atoms with Crippen LogP contribution in [-0.2, 0) is 25.8 Å². The number of nitrogens with zero attached hydrogens (tertiary/aromatic N) is 1. The lowest BCUT2D eigenvalue weighted by Crippen LogP contribution is -2.41. The number of hydroxylamine groups is 2. The second kappa shape index (κ2) is 11.3. The monoisotopic (exact) mass is 415 g/mol. The Morgan fingerprint density at radius 3 is 2.30 bits per heavy atom. The molecule has 0 amide bonds. The fourth-order valence-electron chi connectivity index (χ4n) is 3.54. The molecule has 166 valence electrons. The van der Waals surface area contributed by atoms with E-state index < -0.39 is 0 Å². The molecule has 0 aliphatic carbocycles. The maximum Gasteiger partial charge on any atom is 0.309 e. The average molecular weight is 415 g/mol. The van der Waals surface area contributed by atoms with Crippen molar-refractivity contribution in [1.29, 1.82) is 0 Å². The Morgan fingerprint density at radius 1 is 1.07 bits per heavy atom. The van der Waals surface area contributed by atoms with E-state index >= 15 is 0 Å². The quantitative estimate of drug-likeness (QED) is 0.265. The first-order valence-corrected chi connectivity index (χ1v) is 11.2. The van der Waals surface area contributed by atoms with E-state index in [0.29, 0.717) is 25.4 Å². The van der Waals surface area contributed by atoms with E-state index in [1.54, 1.807) is 5.23 Å². The summed E-state index contributed by atoms with van der Waals surface area (Å²) in [5.74, 6) is 0.179. The maximum atomic E-state index is 12.8. The van der Waals surface area contributed by atoms with Crippen molar-refractivity contribution in [1.82, 2.24) is 5.23 Å². The molecule has 30 heavy (non-hydrogen) atoms. The Kier molecular flexibility index (Phi) is 9.39. The van der Waals surface area contributed by atoms with Crippen LogP contribution in [0.25, 0.3) is 0 Å². The van der Waals surface area contributed by atoms with Crippen molar-refractivity contribution in [3.63, 3.8) is 0 Å². The van der Waals surface area contributed by atoms with Crippen molar-refractivity contribution in [3.8, 4) is 0 Å². The van der Waals surface area contributed by atoms with Gasteiger partial charge in [0.1, 0.15) is 17.8 Å². The molecule has 0 bridgehead atoms. The zero-order valence-corrected chi connectivity index (χ0v) is 19.4. The highest BCUT2D eigenvalue weighted by Gasteiger charge is 2.49. The van der Waals surface area contributed by atoms with Crippen LogP contribution < -0.4 is 0 Å². The summed E-state index contributed by atoms with van der Waals surface area (Å²) in [6.45, 7) is 11.3. The summed E-state index contributed by atoms with van der Waals surface area (Å²) >= 11 is 0. The fraction of sp³-hybridized carbons (Fsp3) is 0.708. The molecule has 6 heteroatoms. The van der Waals surface area contributed by atoms with Crippen LogP contribution in [0.4, 0.5) is 0 Å². The lowest BCUT2D eigenvalue weighted by atomic mass is 9.86. The predicted octanol–water partition coefficient (Wildman–Crippen LogP) is 5.26. The third-order valence-electron chi connectivity index (χ3n) is 6.16. The standard InChI is InChI=1S/C24H38BNO4/c1-19(14-15-25)17-21(22(27)28-18-20-11-7-6-8-12-20)13-9-10-16-26-29-23(2,3)24(4,5)30-26/h6-8,11-12,19,21H,9-10,13-18H2,1-5H3/t19-,21-/m0/s1. The van der Waals surface area contributed by atoms with Gasteiger partial charge in [0.15, 0.2) is 0 Å². The Balaban J connectivity index is 1.81. The lowest BCUT2D eigenvalue weighted by Gasteiger charge is -2.27. The van der Waals surface area contributed by atoms with E-state index in [4.69, 9.17) is 22.3 Å². The van der Waals surface area contributed by atoms with Crippen molar-refractivity contribution < 1.29 is 19.2 Å². The summed E-state index contributed by atoms with van der Waals surface area (Å²) in [5.41, 5.74) is 0.274. The normalized spacial score (nSPS) is 20.0. The molecule has 2 atom stereocenters. The highest BCUT2D eigenvalue weighted by atomic mass is 17.0.